The number of hydrogen-bond acceptors (Lipinski definition) is 7. The number of halogens is 1. The van der Waals surface area contributed by atoms with Crippen LogP contribution in [0.1, 0.15) is 5.56 Å². The van der Waals surface area contributed by atoms with Crippen molar-refractivity contribution in [3.8, 4) is 11.5 Å². The first-order valence-electron chi connectivity index (χ1n) is 6.63. The summed E-state index contributed by atoms with van der Waals surface area (Å²) in [5.74, 6) is 10.7. The van der Waals surface area contributed by atoms with E-state index in [1.54, 1.807) is 16.6 Å². The van der Waals surface area contributed by atoms with Crippen LogP contribution in [0.15, 0.2) is 50.7 Å². The Kier molecular flexibility index (Phi) is 5.83. The van der Waals surface area contributed by atoms with Gasteiger partial charge in [-0.2, -0.15) is 9.66 Å². The fourth-order valence-electron chi connectivity index (χ4n) is 1.95. The fraction of sp³-hybridized carbons (Fsp3) is 0.0769. The number of sulfonamides is 2. The lowest BCUT2D eigenvalue weighted by Crippen LogP contribution is -2.30. The standard InChI is InChI=1S/C13H15BrN4O5S2/c1-8-6-12(11(14)7-13(8)25(21,22)18-16)23-9-2-4-10(5-3-9)24(19,20)17-15/h2-7,17-18H,15-16H2,1H3. The second-order valence-corrected chi connectivity index (χ2v) is 9.11. The van der Waals surface area contributed by atoms with E-state index in [-0.39, 0.29) is 9.79 Å². The summed E-state index contributed by atoms with van der Waals surface area (Å²) in [6, 6.07) is 8.40. The van der Waals surface area contributed by atoms with Gasteiger partial charge in [-0.25, -0.2) is 16.8 Å². The second-order valence-electron chi connectivity index (χ2n) is 4.86. The number of nitrogens with one attached hydrogen (secondary N) is 2. The highest BCUT2D eigenvalue weighted by Crippen LogP contribution is 2.34. The van der Waals surface area contributed by atoms with Crippen molar-refractivity contribution >= 4 is 36.0 Å². The number of aryl methyl sites for hydroxylation is 1. The molecule has 0 amide bonds. The molecule has 6 N–H and O–H groups in total. The maximum atomic E-state index is 11.8. The van der Waals surface area contributed by atoms with Crippen LogP contribution >= 0.6 is 15.9 Å². The molecule has 0 aliphatic carbocycles. The first-order chi connectivity index (χ1) is 11.6. The average molecular weight is 451 g/mol. The van der Waals surface area contributed by atoms with Gasteiger partial charge in [0.2, 0.25) is 0 Å². The smallest absolute Gasteiger partial charge is 0.253 e. The highest BCUT2D eigenvalue weighted by Gasteiger charge is 2.18. The third kappa shape index (κ3) is 4.36. The Bertz CT molecular complexity index is 992. The molecular formula is C13H15BrN4O5S2. The average Bonchev–Trinajstić information content (AvgIpc) is 2.58. The lowest BCUT2D eigenvalue weighted by atomic mass is 10.2. The topological polar surface area (TPSA) is 154 Å². The van der Waals surface area contributed by atoms with E-state index in [9.17, 15) is 16.8 Å². The van der Waals surface area contributed by atoms with E-state index in [4.69, 9.17) is 16.4 Å². The molecule has 136 valence electrons. The van der Waals surface area contributed by atoms with Gasteiger partial charge in [0, 0.05) is 0 Å². The van der Waals surface area contributed by atoms with E-state index in [0.717, 1.165) is 0 Å². The second kappa shape index (κ2) is 7.37. The van der Waals surface area contributed by atoms with Crippen LogP contribution in [0.2, 0.25) is 0 Å². The molecule has 2 rings (SSSR count). The lowest BCUT2D eigenvalue weighted by Gasteiger charge is -2.12. The van der Waals surface area contributed by atoms with Crippen molar-refractivity contribution in [3.05, 3.63) is 46.4 Å². The van der Waals surface area contributed by atoms with Gasteiger partial charge >= 0.3 is 0 Å². The highest BCUT2D eigenvalue weighted by atomic mass is 79.9. The Balaban J connectivity index is 2.34. The van der Waals surface area contributed by atoms with E-state index in [2.05, 4.69) is 15.9 Å². The van der Waals surface area contributed by atoms with Crippen molar-refractivity contribution in [1.29, 1.82) is 0 Å². The van der Waals surface area contributed by atoms with Gasteiger partial charge in [-0.15, -0.1) is 0 Å². The van der Waals surface area contributed by atoms with Gasteiger partial charge in [0.1, 0.15) is 11.5 Å². The van der Waals surface area contributed by atoms with Crippen molar-refractivity contribution in [3.63, 3.8) is 0 Å². The van der Waals surface area contributed by atoms with Crippen LogP contribution in [0, 0.1) is 6.92 Å². The van der Waals surface area contributed by atoms with Crippen LogP contribution in [0.3, 0.4) is 0 Å². The first kappa shape index (κ1) is 19.8. The molecule has 12 heteroatoms. The minimum atomic E-state index is -3.81. The molecule has 0 aromatic heterocycles. The Hall–Kier alpha value is -1.54. The van der Waals surface area contributed by atoms with Crippen LogP contribution in [0.4, 0.5) is 0 Å². The lowest BCUT2D eigenvalue weighted by molar-refractivity contribution is 0.478. The van der Waals surface area contributed by atoms with Crippen molar-refractivity contribution in [2.24, 2.45) is 11.7 Å². The number of benzene rings is 2. The molecule has 0 aliphatic heterocycles. The highest BCUT2D eigenvalue weighted by molar-refractivity contribution is 9.10. The predicted molar refractivity (Wildman–Crippen MR) is 94.4 cm³/mol. The molecule has 0 saturated carbocycles. The van der Waals surface area contributed by atoms with Gasteiger partial charge in [-0.1, -0.05) is 0 Å². The minimum absolute atomic E-state index is 0.00434. The normalized spacial score (nSPS) is 12.2. The summed E-state index contributed by atoms with van der Waals surface area (Å²) >= 11 is 3.24. The van der Waals surface area contributed by atoms with E-state index < -0.39 is 20.0 Å². The molecule has 0 atom stereocenters. The molecule has 0 saturated heterocycles. The van der Waals surface area contributed by atoms with E-state index >= 15 is 0 Å². The van der Waals surface area contributed by atoms with E-state index in [1.165, 1.54) is 36.4 Å². The van der Waals surface area contributed by atoms with Gasteiger partial charge in [-0.3, -0.25) is 11.7 Å². The molecule has 0 fully saturated rings. The molecule has 0 radical (unpaired) electrons. The number of nitrogens with two attached hydrogens (primary N) is 2. The van der Waals surface area contributed by atoms with Crippen molar-refractivity contribution in [2.45, 2.75) is 16.7 Å². The zero-order valence-corrected chi connectivity index (χ0v) is 16.1. The van der Waals surface area contributed by atoms with Crippen LogP contribution in [0.25, 0.3) is 0 Å². The van der Waals surface area contributed by atoms with Gasteiger partial charge in [0.15, 0.2) is 0 Å². The van der Waals surface area contributed by atoms with E-state index in [1.807, 2.05) is 0 Å². The fourth-order valence-corrected chi connectivity index (χ4v) is 4.04. The summed E-state index contributed by atoms with van der Waals surface area (Å²) in [6.45, 7) is 1.59. The third-order valence-corrected chi connectivity index (χ3v) is 6.34. The van der Waals surface area contributed by atoms with Gasteiger partial charge < -0.3 is 4.74 Å². The number of ether oxygens (including phenoxy) is 1. The van der Waals surface area contributed by atoms with Crippen LogP contribution in [0.5, 0.6) is 11.5 Å². The summed E-state index contributed by atoms with van der Waals surface area (Å²) in [7, 11) is -7.56. The zero-order chi connectivity index (χ0) is 18.8. The Morgan fingerprint density at radius 3 is 2.04 bits per heavy atom. The number of hydrazine groups is 2. The molecule has 25 heavy (non-hydrogen) atoms. The largest absolute Gasteiger partial charge is 0.456 e. The van der Waals surface area contributed by atoms with Crippen molar-refractivity contribution in [2.75, 3.05) is 0 Å². The molecule has 9 nitrogen and oxygen atoms in total. The molecule has 2 aromatic carbocycles. The monoisotopic (exact) mass is 450 g/mol. The summed E-state index contributed by atoms with van der Waals surface area (Å²) in [6.07, 6.45) is 0. The summed E-state index contributed by atoms with van der Waals surface area (Å²) in [5.41, 5.74) is 0.419. The van der Waals surface area contributed by atoms with Gasteiger partial charge in [-0.05, 0) is 64.8 Å². The molecule has 0 aliphatic rings. The number of rotatable bonds is 6. The van der Waals surface area contributed by atoms with E-state index in [0.29, 0.717) is 21.5 Å². The van der Waals surface area contributed by atoms with Gasteiger partial charge in [0.25, 0.3) is 20.0 Å². The zero-order valence-electron chi connectivity index (χ0n) is 12.9. The Labute approximate surface area is 153 Å². The molecule has 0 spiro atoms. The molecular weight excluding hydrogens is 436 g/mol. The molecule has 2 aromatic rings. The third-order valence-electron chi connectivity index (χ3n) is 3.19. The number of hydrogen-bond donors (Lipinski definition) is 4. The quantitative estimate of drug-likeness (QED) is 0.375. The molecule has 0 bridgehead atoms. The Morgan fingerprint density at radius 2 is 1.52 bits per heavy atom. The minimum Gasteiger partial charge on any atom is -0.456 e. The first-order valence-corrected chi connectivity index (χ1v) is 10.4. The van der Waals surface area contributed by atoms with Crippen LogP contribution < -0.4 is 26.1 Å². The summed E-state index contributed by atoms with van der Waals surface area (Å²) < 4.78 is 52.8. The SMILES string of the molecule is Cc1cc(Oc2ccc(S(=O)(=O)NN)cc2)c(Br)cc1S(=O)(=O)NN. The summed E-state index contributed by atoms with van der Waals surface area (Å²) in [4.78, 5) is 3.46. The van der Waals surface area contributed by atoms with Crippen LogP contribution in [-0.4, -0.2) is 16.8 Å². The maximum Gasteiger partial charge on any atom is 0.253 e. The Morgan fingerprint density at radius 1 is 0.960 bits per heavy atom. The van der Waals surface area contributed by atoms with Crippen LogP contribution in [-0.2, 0) is 20.0 Å². The van der Waals surface area contributed by atoms with Gasteiger partial charge in [0.05, 0.1) is 14.3 Å². The van der Waals surface area contributed by atoms with Crippen molar-refractivity contribution in [1.82, 2.24) is 9.66 Å². The summed E-state index contributed by atoms with van der Waals surface area (Å²) in [5, 5.41) is 0. The predicted octanol–water partition coefficient (Wildman–Crippen LogP) is 0.854. The molecule has 0 unspecified atom stereocenters. The maximum absolute atomic E-state index is 11.8. The van der Waals surface area contributed by atoms with Crippen molar-refractivity contribution < 1.29 is 21.6 Å². The molecule has 0 heterocycles.